The molecule has 0 fully saturated rings. The van der Waals surface area contributed by atoms with E-state index in [1.54, 1.807) is 7.11 Å². The number of benzene rings is 1. The Hall–Kier alpha value is -1.34. The smallest absolute Gasteiger partial charge is 0.119 e. The summed E-state index contributed by atoms with van der Waals surface area (Å²) in [6.45, 7) is 10.8. The van der Waals surface area contributed by atoms with Gasteiger partial charge in [-0.15, -0.1) is 5.23 Å². The first-order valence-corrected chi connectivity index (χ1v) is 12.5. The first kappa shape index (κ1) is 28.7. The second kappa shape index (κ2) is 16.3. The second-order valence-corrected chi connectivity index (χ2v) is 8.64. The minimum absolute atomic E-state index is 0.137. The highest BCUT2D eigenvalue weighted by molar-refractivity contribution is 5.53. The molecular weight excluding hydrogens is 406 g/mol. The van der Waals surface area contributed by atoms with Gasteiger partial charge in [0.1, 0.15) is 19.0 Å². The molecule has 0 radical (unpaired) electrons. The van der Waals surface area contributed by atoms with E-state index in [-0.39, 0.29) is 25.0 Å². The Balaban J connectivity index is 3.05. The van der Waals surface area contributed by atoms with Crippen LogP contribution in [0.25, 0.3) is 0 Å². The van der Waals surface area contributed by atoms with Crippen molar-refractivity contribution in [2.45, 2.75) is 98.2 Å². The number of aryl methyl sites for hydroxylation is 1. The van der Waals surface area contributed by atoms with E-state index < -0.39 is 12.2 Å². The average molecular weight is 454 g/mol. The summed E-state index contributed by atoms with van der Waals surface area (Å²) in [5.41, 5.74) is 1.82. The Morgan fingerprint density at radius 2 is 1.34 bits per heavy atom. The number of nitrogens with zero attached hydrogens (tertiary/aromatic N) is 1. The summed E-state index contributed by atoms with van der Waals surface area (Å²) in [5.74, 6) is 1.15. The molecule has 6 nitrogen and oxygen atoms in total. The lowest BCUT2D eigenvalue weighted by Gasteiger charge is -2.30. The van der Waals surface area contributed by atoms with E-state index in [1.165, 1.54) is 5.23 Å². The molecule has 0 aliphatic carbocycles. The van der Waals surface area contributed by atoms with Crippen LogP contribution in [-0.4, -0.2) is 42.7 Å². The molecule has 0 aromatic heterocycles. The number of rotatable bonds is 18. The van der Waals surface area contributed by atoms with Gasteiger partial charge in [0.05, 0.1) is 25.0 Å². The summed E-state index contributed by atoms with van der Waals surface area (Å²) in [6.07, 6.45) is 6.41. The Labute approximate surface area is 195 Å². The molecule has 0 spiro atoms. The van der Waals surface area contributed by atoms with Crippen molar-refractivity contribution >= 4 is 5.69 Å². The molecule has 186 valence electrons. The first-order valence-electron chi connectivity index (χ1n) is 12.5. The highest BCUT2D eigenvalue weighted by atomic mass is 16.9. The summed E-state index contributed by atoms with van der Waals surface area (Å²) in [7, 11) is 1.65. The van der Waals surface area contributed by atoms with E-state index in [4.69, 9.17) is 14.4 Å². The standard InChI is InChI=1S/C26H47NO5/c1-7-12-20(10-4)25(28)18-31-27(32-19-26(29)21(11-5)13-8-2)24-16-15-23(30-6)17-22(24)14-9-3/h15-17,20-21,25-26,28-29H,7-14,18-19H2,1-6H3. The SMILES string of the molecule is CCCc1cc(OC)ccc1N(OCC(O)C(CC)CCC)OCC(O)C(CC)CCC. The highest BCUT2D eigenvalue weighted by Gasteiger charge is 2.23. The van der Waals surface area contributed by atoms with Crippen LogP contribution >= 0.6 is 0 Å². The topological polar surface area (TPSA) is 71.4 Å². The van der Waals surface area contributed by atoms with Gasteiger partial charge in [-0.05, 0) is 54.9 Å². The van der Waals surface area contributed by atoms with Crippen LogP contribution in [0.5, 0.6) is 5.75 Å². The van der Waals surface area contributed by atoms with Crippen LogP contribution in [0.15, 0.2) is 18.2 Å². The predicted octanol–water partition coefficient (Wildman–Crippen LogP) is 5.69. The lowest BCUT2D eigenvalue weighted by molar-refractivity contribution is -0.138. The van der Waals surface area contributed by atoms with E-state index >= 15 is 0 Å². The number of hydrogen-bond acceptors (Lipinski definition) is 6. The monoisotopic (exact) mass is 453 g/mol. The minimum Gasteiger partial charge on any atom is -0.497 e. The van der Waals surface area contributed by atoms with Gasteiger partial charge in [-0.2, -0.15) is 0 Å². The maximum atomic E-state index is 10.7. The Kier molecular flexibility index (Phi) is 14.6. The summed E-state index contributed by atoms with van der Waals surface area (Å²) >= 11 is 0. The fourth-order valence-electron chi connectivity index (χ4n) is 4.15. The molecule has 0 saturated carbocycles. The van der Waals surface area contributed by atoms with E-state index in [0.717, 1.165) is 68.4 Å². The van der Waals surface area contributed by atoms with Gasteiger partial charge in [0.25, 0.3) is 0 Å². The van der Waals surface area contributed by atoms with Gasteiger partial charge >= 0.3 is 0 Å². The maximum Gasteiger partial charge on any atom is 0.119 e. The van der Waals surface area contributed by atoms with Crippen LogP contribution in [0.3, 0.4) is 0 Å². The molecule has 4 atom stereocenters. The third-order valence-electron chi connectivity index (χ3n) is 6.18. The number of aliphatic hydroxyl groups excluding tert-OH is 2. The predicted molar refractivity (Wildman–Crippen MR) is 131 cm³/mol. The van der Waals surface area contributed by atoms with Crippen molar-refractivity contribution in [2.24, 2.45) is 11.8 Å². The molecule has 1 aromatic rings. The van der Waals surface area contributed by atoms with E-state index in [9.17, 15) is 10.2 Å². The molecule has 0 heterocycles. The normalized spacial score (nSPS) is 15.2. The fourth-order valence-corrected chi connectivity index (χ4v) is 4.15. The second-order valence-electron chi connectivity index (χ2n) is 8.64. The molecular formula is C26H47NO5. The van der Waals surface area contributed by atoms with Crippen LogP contribution in [0.4, 0.5) is 5.69 Å². The van der Waals surface area contributed by atoms with Crippen LogP contribution in [0.2, 0.25) is 0 Å². The molecule has 0 amide bonds. The van der Waals surface area contributed by atoms with Crippen molar-refractivity contribution in [3.8, 4) is 5.75 Å². The third kappa shape index (κ3) is 9.26. The lowest BCUT2D eigenvalue weighted by atomic mass is 9.95. The summed E-state index contributed by atoms with van der Waals surface area (Å²) < 4.78 is 5.40. The Morgan fingerprint density at radius 3 is 1.75 bits per heavy atom. The van der Waals surface area contributed by atoms with Gasteiger partial charge in [-0.25, -0.2) is 9.68 Å². The zero-order valence-corrected chi connectivity index (χ0v) is 21.2. The summed E-state index contributed by atoms with van der Waals surface area (Å²) in [6, 6.07) is 5.78. The van der Waals surface area contributed by atoms with Gasteiger partial charge in [0.15, 0.2) is 0 Å². The highest BCUT2D eigenvalue weighted by Crippen LogP contribution is 2.28. The summed E-state index contributed by atoms with van der Waals surface area (Å²) in [4.78, 5) is 12.0. The Morgan fingerprint density at radius 1 is 0.812 bits per heavy atom. The quantitative estimate of drug-likeness (QED) is 0.278. The molecule has 0 aliphatic rings. The van der Waals surface area contributed by atoms with Gasteiger partial charge in [0, 0.05) is 0 Å². The third-order valence-corrected chi connectivity index (χ3v) is 6.18. The zero-order valence-electron chi connectivity index (χ0n) is 21.2. The van der Waals surface area contributed by atoms with Crippen molar-refractivity contribution in [1.29, 1.82) is 0 Å². The van der Waals surface area contributed by atoms with Gasteiger partial charge in [-0.1, -0.05) is 66.7 Å². The number of methoxy groups -OCH3 is 1. The van der Waals surface area contributed by atoms with Crippen LogP contribution in [-0.2, 0) is 16.1 Å². The fraction of sp³-hybridized carbons (Fsp3) is 0.769. The van der Waals surface area contributed by atoms with Crippen molar-refractivity contribution in [1.82, 2.24) is 0 Å². The van der Waals surface area contributed by atoms with Crippen molar-refractivity contribution in [3.63, 3.8) is 0 Å². The number of anilines is 1. The number of hydrogen-bond donors (Lipinski definition) is 2. The van der Waals surface area contributed by atoms with Gasteiger partial charge in [-0.3, -0.25) is 0 Å². The van der Waals surface area contributed by atoms with Gasteiger partial charge < -0.3 is 14.9 Å². The number of aliphatic hydroxyl groups is 2. The largest absolute Gasteiger partial charge is 0.497 e. The molecule has 6 heteroatoms. The zero-order chi connectivity index (χ0) is 23.9. The molecule has 4 unspecified atom stereocenters. The van der Waals surface area contributed by atoms with Crippen molar-refractivity contribution in [3.05, 3.63) is 23.8 Å². The number of ether oxygens (including phenoxy) is 1. The van der Waals surface area contributed by atoms with Crippen molar-refractivity contribution in [2.75, 3.05) is 25.6 Å². The van der Waals surface area contributed by atoms with E-state index in [1.807, 2.05) is 18.2 Å². The van der Waals surface area contributed by atoms with E-state index in [2.05, 4.69) is 34.6 Å². The maximum absolute atomic E-state index is 10.7. The van der Waals surface area contributed by atoms with Crippen LogP contribution in [0.1, 0.15) is 85.1 Å². The lowest BCUT2D eigenvalue weighted by Crippen LogP contribution is -2.36. The Bertz CT molecular complexity index is 588. The molecule has 2 N–H and O–H groups in total. The van der Waals surface area contributed by atoms with Gasteiger partial charge in [0.2, 0.25) is 0 Å². The minimum atomic E-state index is -0.577. The molecule has 32 heavy (non-hydrogen) atoms. The van der Waals surface area contributed by atoms with E-state index in [0.29, 0.717) is 0 Å². The molecule has 0 aliphatic heterocycles. The van der Waals surface area contributed by atoms with Crippen LogP contribution in [0, 0.1) is 11.8 Å². The van der Waals surface area contributed by atoms with Crippen LogP contribution < -0.4 is 9.96 Å². The molecule has 0 bridgehead atoms. The first-order chi connectivity index (χ1) is 15.4. The molecule has 1 rings (SSSR count). The average Bonchev–Trinajstić information content (AvgIpc) is 2.81. The molecule has 0 saturated heterocycles. The molecule has 1 aromatic carbocycles. The van der Waals surface area contributed by atoms with Crippen molar-refractivity contribution < 1.29 is 24.6 Å². The summed E-state index contributed by atoms with van der Waals surface area (Å²) in [5, 5.41) is 22.8.